The van der Waals surface area contributed by atoms with Crippen LogP contribution in [0, 0.1) is 29.1 Å². The van der Waals surface area contributed by atoms with Crippen LogP contribution in [0.25, 0.3) is 6.08 Å². The van der Waals surface area contributed by atoms with Crippen molar-refractivity contribution in [3.05, 3.63) is 58.9 Å². The van der Waals surface area contributed by atoms with E-state index in [1.807, 2.05) is 0 Å². The number of nitrogens with two attached hydrogens (primary N) is 1. The van der Waals surface area contributed by atoms with Gasteiger partial charge in [-0.3, -0.25) is 10.2 Å². The predicted molar refractivity (Wildman–Crippen MR) is 167 cm³/mol. The van der Waals surface area contributed by atoms with E-state index in [0.717, 1.165) is 31.8 Å². The van der Waals surface area contributed by atoms with Gasteiger partial charge in [-0.2, -0.15) is 13.2 Å². The zero-order valence-electron chi connectivity index (χ0n) is 24.6. The van der Waals surface area contributed by atoms with Crippen LogP contribution in [0.5, 0.6) is 0 Å². The minimum atomic E-state index is -4.42. The topological polar surface area (TPSA) is 117 Å². The van der Waals surface area contributed by atoms with Crippen molar-refractivity contribution in [2.24, 2.45) is 23.7 Å². The van der Waals surface area contributed by atoms with E-state index in [2.05, 4.69) is 20.6 Å². The van der Waals surface area contributed by atoms with E-state index >= 15 is 0 Å². The predicted octanol–water partition coefficient (Wildman–Crippen LogP) is 8.28. The smallest absolute Gasteiger partial charge is 0.383 e. The van der Waals surface area contributed by atoms with Crippen molar-refractivity contribution in [3.63, 3.8) is 0 Å². The number of nitrogens with one attached hydrogen (secondary N) is 3. The third-order valence-corrected chi connectivity index (χ3v) is 8.88. The zero-order chi connectivity index (χ0) is 31.1. The fraction of sp³-hybridized carbons (Fsp3) is 0.500. The fourth-order valence-corrected chi connectivity index (χ4v) is 6.33. The van der Waals surface area contributed by atoms with Crippen molar-refractivity contribution in [1.29, 1.82) is 5.41 Å². The normalized spacial score (nSPS) is 23.8. The van der Waals surface area contributed by atoms with Crippen LogP contribution in [0.2, 0.25) is 5.02 Å². The van der Waals surface area contributed by atoms with Gasteiger partial charge in [0, 0.05) is 22.7 Å². The number of nitrogen functional groups attached to an aromatic ring is 1. The molecule has 5 N–H and O–H groups in total. The number of halogens is 4. The average Bonchev–Trinajstić information content (AvgIpc) is 3.06. The van der Waals surface area contributed by atoms with Crippen LogP contribution in [-0.4, -0.2) is 33.8 Å². The molecule has 2 aliphatic carbocycles. The van der Waals surface area contributed by atoms with Crippen molar-refractivity contribution in [3.8, 4) is 0 Å². The summed E-state index contributed by atoms with van der Waals surface area (Å²) in [4.78, 5) is 21.7. The second-order valence-electron chi connectivity index (χ2n) is 11.7. The molecule has 0 saturated heterocycles. The molecule has 1 heterocycles. The second-order valence-corrected chi connectivity index (χ2v) is 12.1. The highest BCUT2D eigenvalue weighted by Crippen LogP contribution is 2.43. The van der Waals surface area contributed by atoms with Crippen LogP contribution < -0.4 is 16.4 Å². The third-order valence-electron chi connectivity index (χ3n) is 8.54. The number of nitrogens with zero attached hydrogens (tertiary/aromatic N) is 2. The average molecular weight is 617 g/mol. The third kappa shape index (κ3) is 8.37. The Hall–Kier alpha value is -3.40. The molecule has 0 radical (unpaired) electrons. The van der Waals surface area contributed by atoms with Crippen LogP contribution in [0.3, 0.4) is 0 Å². The first-order chi connectivity index (χ1) is 20.5. The molecular weight excluding hydrogens is 577 g/mol. The van der Waals surface area contributed by atoms with Gasteiger partial charge in [-0.25, -0.2) is 9.97 Å². The van der Waals surface area contributed by atoms with Crippen molar-refractivity contribution in [2.75, 3.05) is 16.4 Å². The first-order valence-corrected chi connectivity index (χ1v) is 15.3. The Kier molecular flexibility index (Phi) is 10.9. The van der Waals surface area contributed by atoms with E-state index in [1.165, 1.54) is 45.0 Å². The molecule has 1 aromatic carbocycles. The summed E-state index contributed by atoms with van der Waals surface area (Å²) < 4.78 is 40.6. The second kappa shape index (κ2) is 14.4. The number of anilines is 3. The Balaban J connectivity index is 1.49. The Labute approximate surface area is 256 Å². The highest BCUT2D eigenvalue weighted by molar-refractivity contribution is 6.32. The number of allylic oxidation sites excluding steroid dienone is 3. The number of alkyl halides is 3. The van der Waals surface area contributed by atoms with E-state index in [-0.39, 0.29) is 23.5 Å². The van der Waals surface area contributed by atoms with E-state index < -0.39 is 29.8 Å². The summed E-state index contributed by atoms with van der Waals surface area (Å²) in [5.74, 6) is -3.59. The van der Waals surface area contributed by atoms with Gasteiger partial charge in [-0.1, -0.05) is 82.2 Å². The van der Waals surface area contributed by atoms with Gasteiger partial charge < -0.3 is 16.4 Å². The van der Waals surface area contributed by atoms with Crippen LogP contribution in [0.15, 0.2) is 42.8 Å². The van der Waals surface area contributed by atoms with Crippen molar-refractivity contribution >= 4 is 46.6 Å². The van der Waals surface area contributed by atoms with Crippen molar-refractivity contribution in [2.45, 2.75) is 77.4 Å². The molecule has 7 nitrogen and oxygen atoms in total. The molecule has 2 aromatic rings. The minimum absolute atomic E-state index is 0.0870. The molecule has 1 aromatic heterocycles. The highest BCUT2D eigenvalue weighted by Gasteiger charge is 2.48. The molecule has 43 heavy (non-hydrogen) atoms. The van der Waals surface area contributed by atoms with Crippen molar-refractivity contribution in [1.82, 2.24) is 9.97 Å². The van der Waals surface area contributed by atoms with Crippen molar-refractivity contribution < 1.29 is 18.0 Å². The molecule has 0 spiro atoms. The van der Waals surface area contributed by atoms with Gasteiger partial charge in [0.1, 0.15) is 18.0 Å². The molecule has 4 rings (SSSR count). The van der Waals surface area contributed by atoms with E-state index in [1.54, 1.807) is 37.3 Å². The molecule has 4 unspecified atom stereocenters. The van der Waals surface area contributed by atoms with Gasteiger partial charge in [-0.05, 0) is 54.5 Å². The number of hydrogen-bond acceptors (Lipinski definition) is 6. The molecule has 1 saturated carbocycles. The van der Waals surface area contributed by atoms with Gasteiger partial charge in [0.15, 0.2) is 0 Å². The number of benzene rings is 1. The van der Waals surface area contributed by atoms with Gasteiger partial charge in [0.2, 0.25) is 5.91 Å². The standard InChI is InChI=1S/C32H40ClF3N6O/c1-19-11-14-24(32(34,35)36)20(2)27(19)31(43)42-23-13-15-25(33)21(17-23)12-16-26(37)28-29(38)39-18-40-30(28)41-22-9-7-5-3-4-6-8-10-22/h11-20,22,24,27,37H,3-10H2,1-2H3,(H,42,43)(H3,38,39,40,41)/b16-12-,37-26?. The molecule has 1 amide bonds. The van der Waals surface area contributed by atoms with Gasteiger partial charge in [-0.15, -0.1) is 0 Å². The maximum Gasteiger partial charge on any atom is 0.395 e. The highest BCUT2D eigenvalue weighted by atomic mass is 35.5. The Morgan fingerprint density at radius 1 is 1.07 bits per heavy atom. The maximum absolute atomic E-state index is 13.5. The lowest BCUT2D eigenvalue weighted by Gasteiger charge is -2.36. The van der Waals surface area contributed by atoms with Crippen LogP contribution in [-0.2, 0) is 4.79 Å². The fourth-order valence-electron chi connectivity index (χ4n) is 6.15. The largest absolute Gasteiger partial charge is 0.395 e. The minimum Gasteiger partial charge on any atom is -0.383 e. The van der Waals surface area contributed by atoms with E-state index in [9.17, 15) is 18.0 Å². The zero-order valence-corrected chi connectivity index (χ0v) is 25.3. The van der Waals surface area contributed by atoms with Gasteiger partial charge in [0.25, 0.3) is 0 Å². The summed E-state index contributed by atoms with van der Waals surface area (Å²) in [5.41, 5.74) is 7.59. The molecule has 4 atom stereocenters. The Bertz CT molecular complexity index is 1350. The molecule has 0 bridgehead atoms. The lowest BCUT2D eigenvalue weighted by atomic mass is 9.71. The first-order valence-electron chi connectivity index (χ1n) is 14.9. The number of carbonyl (C=O) groups excluding carboxylic acids is 1. The molecule has 1 fully saturated rings. The Morgan fingerprint density at radius 2 is 1.74 bits per heavy atom. The summed E-state index contributed by atoms with van der Waals surface area (Å²) in [6, 6.07) is 5.05. The van der Waals surface area contributed by atoms with Crippen LogP contribution >= 0.6 is 11.6 Å². The quantitative estimate of drug-likeness (QED) is 0.184. The molecule has 0 aliphatic heterocycles. The van der Waals surface area contributed by atoms with E-state index in [4.69, 9.17) is 22.7 Å². The number of aromatic nitrogens is 2. The van der Waals surface area contributed by atoms with E-state index in [0.29, 0.717) is 27.7 Å². The maximum atomic E-state index is 13.5. The number of hydrogen-bond donors (Lipinski definition) is 4. The van der Waals surface area contributed by atoms with Crippen LogP contribution in [0.1, 0.15) is 76.3 Å². The lowest BCUT2D eigenvalue weighted by molar-refractivity contribution is -0.180. The van der Waals surface area contributed by atoms with Gasteiger partial charge >= 0.3 is 6.18 Å². The summed E-state index contributed by atoms with van der Waals surface area (Å²) in [6.45, 7) is 3.21. The number of carbonyl (C=O) groups is 1. The molecule has 11 heteroatoms. The summed E-state index contributed by atoms with van der Waals surface area (Å²) in [7, 11) is 0. The number of rotatable bonds is 7. The van der Waals surface area contributed by atoms with Crippen LogP contribution in [0.4, 0.5) is 30.5 Å². The number of amides is 1. The van der Waals surface area contributed by atoms with Gasteiger partial charge in [0.05, 0.1) is 17.2 Å². The monoisotopic (exact) mass is 616 g/mol. The summed E-state index contributed by atoms with van der Waals surface area (Å²) in [6.07, 6.45) is 12.0. The molecular formula is C32H40ClF3N6O. The molecule has 2 aliphatic rings. The first kappa shape index (κ1) is 32.5. The Morgan fingerprint density at radius 3 is 2.42 bits per heavy atom. The summed E-state index contributed by atoms with van der Waals surface area (Å²) >= 11 is 6.43. The lowest BCUT2D eigenvalue weighted by Crippen LogP contribution is -2.42. The summed E-state index contributed by atoms with van der Waals surface area (Å²) in [5, 5.41) is 15.4. The SMILES string of the molecule is CC1C=CC(C(F)(F)F)C(C)C1C(=O)Nc1ccc(Cl)c(/C=C\C(=N)c2c(N)ncnc2NC2CCCCCCCC2)c1. The molecule has 232 valence electrons.